The SMILES string of the molecule is NCCc1c(Oc2cncc(Cl)c2)nc2ccccn12. The van der Waals surface area contributed by atoms with Gasteiger partial charge in [-0.3, -0.25) is 4.98 Å². The summed E-state index contributed by atoms with van der Waals surface area (Å²) >= 11 is 5.90. The minimum absolute atomic E-state index is 0.520. The molecule has 0 spiro atoms. The number of imidazole rings is 1. The van der Waals surface area contributed by atoms with Crippen LogP contribution >= 0.6 is 11.6 Å². The lowest BCUT2D eigenvalue weighted by molar-refractivity contribution is 0.457. The fourth-order valence-electron chi connectivity index (χ4n) is 2.03. The van der Waals surface area contributed by atoms with Crippen LogP contribution in [0.2, 0.25) is 5.02 Å². The van der Waals surface area contributed by atoms with Gasteiger partial charge in [0.25, 0.3) is 0 Å². The van der Waals surface area contributed by atoms with Gasteiger partial charge in [0.15, 0.2) is 0 Å². The molecule has 3 heterocycles. The highest BCUT2D eigenvalue weighted by Gasteiger charge is 2.13. The zero-order valence-electron chi connectivity index (χ0n) is 10.7. The molecule has 0 atom stereocenters. The van der Waals surface area contributed by atoms with Crippen molar-refractivity contribution in [3.8, 4) is 11.6 Å². The van der Waals surface area contributed by atoms with Gasteiger partial charge in [0.05, 0.1) is 16.9 Å². The fraction of sp³-hybridized carbons (Fsp3) is 0.143. The van der Waals surface area contributed by atoms with E-state index in [2.05, 4.69) is 9.97 Å². The maximum atomic E-state index is 5.90. The Morgan fingerprint density at radius 3 is 3.00 bits per heavy atom. The maximum absolute atomic E-state index is 5.90. The fourth-order valence-corrected chi connectivity index (χ4v) is 2.19. The zero-order valence-corrected chi connectivity index (χ0v) is 11.4. The Hall–Kier alpha value is -2.11. The Morgan fingerprint density at radius 2 is 2.20 bits per heavy atom. The third-order valence-corrected chi connectivity index (χ3v) is 3.07. The van der Waals surface area contributed by atoms with Crippen LogP contribution in [0.4, 0.5) is 0 Å². The van der Waals surface area contributed by atoms with Gasteiger partial charge in [-0.25, -0.2) is 0 Å². The molecule has 5 nitrogen and oxygen atoms in total. The Balaban J connectivity index is 2.04. The van der Waals surface area contributed by atoms with Crippen molar-refractivity contribution in [2.75, 3.05) is 6.54 Å². The van der Waals surface area contributed by atoms with Crippen molar-refractivity contribution in [3.63, 3.8) is 0 Å². The number of hydrogen-bond acceptors (Lipinski definition) is 4. The van der Waals surface area contributed by atoms with E-state index in [1.54, 1.807) is 18.5 Å². The van der Waals surface area contributed by atoms with Gasteiger partial charge in [-0.05, 0) is 18.7 Å². The second kappa shape index (κ2) is 5.48. The summed E-state index contributed by atoms with van der Waals surface area (Å²) in [6.45, 7) is 0.521. The van der Waals surface area contributed by atoms with Crippen molar-refractivity contribution in [2.45, 2.75) is 6.42 Å². The van der Waals surface area contributed by atoms with E-state index in [1.165, 1.54) is 0 Å². The van der Waals surface area contributed by atoms with Gasteiger partial charge < -0.3 is 14.9 Å². The summed E-state index contributed by atoms with van der Waals surface area (Å²) < 4.78 is 7.77. The van der Waals surface area contributed by atoms with E-state index < -0.39 is 0 Å². The highest BCUT2D eigenvalue weighted by atomic mass is 35.5. The van der Waals surface area contributed by atoms with Crippen molar-refractivity contribution in [1.82, 2.24) is 14.4 Å². The normalized spacial score (nSPS) is 10.9. The number of pyridine rings is 2. The van der Waals surface area contributed by atoms with Crippen LogP contribution in [0, 0.1) is 0 Å². The largest absolute Gasteiger partial charge is 0.436 e. The topological polar surface area (TPSA) is 65.4 Å². The Bertz CT molecular complexity index is 741. The number of nitrogens with zero attached hydrogens (tertiary/aromatic N) is 3. The molecule has 0 radical (unpaired) electrons. The number of aromatic nitrogens is 3. The minimum atomic E-state index is 0.520. The van der Waals surface area contributed by atoms with Gasteiger partial charge in [-0.15, -0.1) is 0 Å². The smallest absolute Gasteiger partial charge is 0.241 e. The van der Waals surface area contributed by atoms with Gasteiger partial charge >= 0.3 is 0 Å². The van der Waals surface area contributed by atoms with Crippen LogP contribution in [0.1, 0.15) is 5.69 Å². The molecule has 0 aromatic carbocycles. The number of halogens is 1. The summed E-state index contributed by atoms with van der Waals surface area (Å²) in [6.07, 6.45) is 5.77. The summed E-state index contributed by atoms with van der Waals surface area (Å²) in [6, 6.07) is 7.49. The first-order valence-corrected chi connectivity index (χ1v) is 6.60. The molecule has 3 rings (SSSR count). The molecule has 3 aromatic rings. The van der Waals surface area contributed by atoms with Crippen LogP contribution in [0.5, 0.6) is 11.6 Å². The van der Waals surface area contributed by atoms with Crippen LogP contribution in [0.3, 0.4) is 0 Å². The van der Waals surface area contributed by atoms with Crippen LogP contribution < -0.4 is 10.5 Å². The predicted molar refractivity (Wildman–Crippen MR) is 77.3 cm³/mol. The minimum Gasteiger partial charge on any atom is -0.436 e. The van der Waals surface area contributed by atoms with Crippen molar-refractivity contribution in [2.24, 2.45) is 5.73 Å². The molecule has 0 aliphatic rings. The molecule has 2 N–H and O–H groups in total. The molecule has 0 amide bonds. The molecule has 0 aliphatic carbocycles. The molecule has 0 fully saturated rings. The van der Waals surface area contributed by atoms with Crippen molar-refractivity contribution < 1.29 is 4.74 Å². The van der Waals surface area contributed by atoms with Gasteiger partial charge in [0, 0.05) is 24.9 Å². The second-order valence-electron chi connectivity index (χ2n) is 4.27. The van der Waals surface area contributed by atoms with Crippen molar-refractivity contribution in [1.29, 1.82) is 0 Å². The first-order valence-electron chi connectivity index (χ1n) is 6.22. The van der Waals surface area contributed by atoms with Crippen LogP contribution in [0.15, 0.2) is 42.9 Å². The van der Waals surface area contributed by atoms with Crippen molar-refractivity contribution in [3.05, 3.63) is 53.6 Å². The van der Waals surface area contributed by atoms with E-state index >= 15 is 0 Å². The Morgan fingerprint density at radius 1 is 1.30 bits per heavy atom. The quantitative estimate of drug-likeness (QED) is 0.801. The van der Waals surface area contributed by atoms with Gasteiger partial charge in [0.1, 0.15) is 11.4 Å². The molecule has 0 unspecified atom stereocenters. The van der Waals surface area contributed by atoms with Crippen LogP contribution in [-0.2, 0) is 6.42 Å². The number of hydrogen-bond donors (Lipinski definition) is 1. The molecule has 0 saturated heterocycles. The van der Waals surface area contributed by atoms with Gasteiger partial charge in [-0.2, -0.15) is 4.98 Å². The molecule has 0 saturated carbocycles. The third kappa shape index (κ3) is 2.45. The first kappa shape index (κ1) is 12.9. The number of nitrogens with two attached hydrogens (primary N) is 1. The number of fused-ring (bicyclic) bond motifs is 1. The third-order valence-electron chi connectivity index (χ3n) is 2.87. The van der Waals surface area contributed by atoms with Crippen LogP contribution in [0.25, 0.3) is 5.65 Å². The Kier molecular flexibility index (Phi) is 3.54. The Labute approximate surface area is 121 Å². The zero-order chi connectivity index (χ0) is 13.9. The van der Waals surface area contributed by atoms with E-state index in [4.69, 9.17) is 22.1 Å². The molecule has 0 bridgehead atoms. The summed E-state index contributed by atoms with van der Waals surface area (Å²) in [5.74, 6) is 1.09. The molecule has 6 heteroatoms. The molecule has 0 aliphatic heterocycles. The second-order valence-corrected chi connectivity index (χ2v) is 4.71. The maximum Gasteiger partial charge on any atom is 0.241 e. The molecular formula is C14H13ClN4O. The molecule has 20 heavy (non-hydrogen) atoms. The van der Waals surface area contributed by atoms with Gasteiger partial charge in [-0.1, -0.05) is 17.7 Å². The highest BCUT2D eigenvalue weighted by molar-refractivity contribution is 6.30. The van der Waals surface area contributed by atoms with E-state index in [0.29, 0.717) is 29.6 Å². The van der Waals surface area contributed by atoms with E-state index in [1.807, 2.05) is 28.8 Å². The van der Waals surface area contributed by atoms with Gasteiger partial charge in [0.2, 0.25) is 5.88 Å². The lowest BCUT2D eigenvalue weighted by atomic mass is 10.3. The standard InChI is InChI=1S/C14H13ClN4O/c15-10-7-11(9-17-8-10)20-14-12(4-5-16)19-6-2-1-3-13(19)18-14/h1-3,6-9H,4-5,16H2. The average molecular weight is 289 g/mol. The number of rotatable bonds is 4. The summed E-state index contributed by atoms with van der Waals surface area (Å²) in [5.41, 5.74) is 7.42. The monoisotopic (exact) mass is 288 g/mol. The predicted octanol–water partition coefficient (Wildman–Crippen LogP) is 2.68. The number of ether oxygens (including phenoxy) is 1. The lowest BCUT2D eigenvalue weighted by Crippen LogP contribution is -2.06. The van der Waals surface area contributed by atoms with Crippen molar-refractivity contribution >= 4 is 17.2 Å². The molecule has 102 valence electrons. The first-order chi connectivity index (χ1) is 9.78. The molecule has 3 aromatic heterocycles. The van der Waals surface area contributed by atoms with E-state index in [0.717, 1.165) is 11.3 Å². The molecular weight excluding hydrogens is 276 g/mol. The average Bonchev–Trinajstić information content (AvgIpc) is 2.77. The lowest BCUT2D eigenvalue weighted by Gasteiger charge is -2.05. The summed E-state index contributed by atoms with van der Waals surface area (Å²) in [7, 11) is 0. The summed E-state index contributed by atoms with van der Waals surface area (Å²) in [5, 5.41) is 0.520. The van der Waals surface area contributed by atoms with E-state index in [9.17, 15) is 0 Å². The summed E-state index contributed by atoms with van der Waals surface area (Å²) in [4.78, 5) is 8.46. The van der Waals surface area contributed by atoms with E-state index in [-0.39, 0.29) is 0 Å². The highest BCUT2D eigenvalue weighted by Crippen LogP contribution is 2.27. The van der Waals surface area contributed by atoms with Crippen LogP contribution in [-0.4, -0.2) is 20.9 Å².